The van der Waals surface area contributed by atoms with Crippen molar-refractivity contribution in [3.8, 4) is 0 Å². The molecule has 2 unspecified atom stereocenters. The number of hydrogen-bond donors (Lipinski definition) is 3. The molecular formula is C42H36Br3F6N6NaO6. The first kappa shape index (κ1) is 51.0. The summed E-state index contributed by atoms with van der Waals surface area (Å²) in [6.07, 6.45) is -7.74. The number of ether oxygens (including phenoxy) is 2. The maximum atomic E-state index is 13.1. The molecule has 4 aromatic rings. The predicted octanol–water partition coefficient (Wildman–Crippen LogP) is 5.49. The second-order valence-electron chi connectivity index (χ2n) is 14.3. The fourth-order valence-corrected chi connectivity index (χ4v) is 7.35. The van der Waals surface area contributed by atoms with Crippen LogP contribution in [0.15, 0.2) is 116 Å². The Hall–Kier alpha value is -3.96. The van der Waals surface area contributed by atoms with Gasteiger partial charge in [0.1, 0.15) is 18.0 Å². The first-order valence-corrected chi connectivity index (χ1v) is 21.5. The molecule has 3 N–H and O–H groups in total. The molecule has 8 rings (SSSR count). The Morgan fingerprint density at radius 2 is 1.22 bits per heavy atom. The molecule has 4 aliphatic rings. The van der Waals surface area contributed by atoms with Crippen molar-refractivity contribution in [3.05, 3.63) is 128 Å². The molecule has 4 heterocycles. The second kappa shape index (κ2) is 21.6. The smallest absolute Gasteiger partial charge is 1.00 e. The monoisotopic (exact) mass is 1090 g/mol. The third-order valence-corrected chi connectivity index (χ3v) is 11.3. The van der Waals surface area contributed by atoms with E-state index in [1.165, 1.54) is 29.2 Å². The topological polar surface area (TPSA) is 151 Å². The van der Waals surface area contributed by atoms with Crippen LogP contribution in [0.5, 0.6) is 0 Å². The number of nitrogens with zero attached hydrogens (tertiary/aromatic N) is 3. The van der Waals surface area contributed by atoms with Crippen LogP contribution in [-0.4, -0.2) is 89.6 Å². The van der Waals surface area contributed by atoms with Crippen LogP contribution >= 0.6 is 47.8 Å². The van der Waals surface area contributed by atoms with E-state index in [0.717, 1.165) is 45.2 Å². The number of carbonyl (C=O) groups excluding carboxylic acids is 4. The van der Waals surface area contributed by atoms with Gasteiger partial charge >= 0.3 is 41.9 Å². The number of anilines is 2. The molecule has 4 amide bonds. The van der Waals surface area contributed by atoms with Gasteiger partial charge in [-0.05, 0) is 60.7 Å². The molecule has 12 nitrogen and oxygen atoms in total. The minimum absolute atomic E-state index is 0. The summed E-state index contributed by atoms with van der Waals surface area (Å²) in [6.45, 7) is 1.30. The van der Waals surface area contributed by atoms with E-state index in [-0.39, 0.29) is 72.5 Å². The Kier molecular flexibility index (Phi) is 17.2. The number of carbonyl (C=O) groups is 4. The SMILES string of the molecule is O=C(CBr)Nc1cccc(C(F)(F)F)c1.O=C(CN1C(=O)C(c2ccc(Br)cc2)=NC12CCOC2)Nc1cccc(C(F)(F)F)c1.O=C1NC2(CCOC2)N=C1c1ccc(Br)cc1.[H-].[Na+]. The predicted molar refractivity (Wildman–Crippen MR) is 233 cm³/mol. The van der Waals surface area contributed by atoms with Gasteiger partial charge in [-0.3, -0.25) is 19.2 Å². The quantitative estimate of drug-likeness (QED) is 0.127. The maximum Gasteiger partial charge on any atom is 1.00 e. The third kappa shape index (κ3) is 12.9. The molecule has 22 heteroatoms. The summed E-state index contributed by atoms with van der Waals surface area (Å²) in [5.74, 6) is -1.55. The maximum absolute atomic E-state index is 13.1. The van der Waals surface area contributed by atoms with Crippen molar-refractivity contribution in [2.24, 2.45) is 9.98 Å². The fraction of sp³-hybridized carbons (Fsp3) is 0.286. The van der Waals surface area contributed by atoms with Crippen molar-refractivity contribution >= 4 is 94.2 Å². The Balaban J connectivity index is 0.000000231. The van der Waals surface area contributed by atoms with E-state index in [9.17, 15) is 45.5 Å². The molecule has 0 radical (unpaired) electrons. The molecule has 0 saturated carbocycles. The minimum atomic E-state index is -4.52. The molecule has 2 spiro atoms. The number of hydrogen-bond acceptors (Lipinski definition) is 8. The standard InChI is InChI=1S/C21H17BrF3N3O3.C12H11BrN2O2.C9H7BrF3NO.Na.H/c22-15-6-4-13(5-7-15)18-19(30)28(20(27-18)8-9-31-12-20)11-17(29)26-16-3-1-2-14(10-16)21(23,24)25;13-9-3-1-8(2-4-9)10-11(16)15-12(14-10)5-6-17-7-12;10-5-8(15)14-7-3-1-2-6(4-7)9(11,12)13;;/h1-7,10H,8-9,11-12H2,(H,26,29);1-4H,5-7H2,(H,15,16);1-4H,5H2,(H,14,15);;/q;;;+1;-1. The average Bonchev–Trinajstić information content (AvgIpc) is 4.04. The molecule has 64 heavy (non-hydrogen) atoms. The summed E-state index contributed by atoms with van der Waals surface area (Å²) in [4.78, 5) is 59.0. The summed E-state index contributed by atoms with van der Waals surface area (Å²) in [7, 11) is 0. The van der Waals surface area contributed by atoms with E-state index in [1.807, 2.05) is 24.3 Å². The Morgan fingerprint density at radius 3 is 1.69 bits per heavy atom. The van der Waals surface area contributed by atoms with Crippen molar-refractivity contribution < 1.29 is 86.0 Å². The second-order valence-corrected chi connectivity index (χ2v) is 16.7. The Bertz CT molecular complexity index is 2420. The molecule has 2 fully saturated rings. The van der Waals surface area contributed by atoms with Gasteiger partial charge in [-0.2, -0.15) is 26.3 Å². The largest absolute Gasteiger partial charge is 1.00 e. The van der Waals surface area contributed by atoms with E-state index in [2.05, 4.69) is 73.7 Å². The molecule has 0 bridgehead atoms. The van der Waals surface area contributed by atoms with Gasteiger partial charge in [0, 0.05) is 44.3 Å². The number of nitrogens with one attached hydrogen (secondary N) is 3. The van der Waals surface area contributed by atoms with Crippen molar-refractivity contribution in [1.82, 2.24) is 10.2 Å². The number of halogens is 9. The number of benzene rings is 4. The minimum Gasteiger partial charge on any atom is -1.00 e. The van der Waals surface area contributed by atoms with E-state index in [0.29, 0.717) is 37.5 Å². The van der Waals surface area contributed by atoms with Crippen LogP contribution < -0.4 is 45.5 Å². The van der Waals surface area contributed by atoms with Crippen LogP contribution in [0.3, 0.4) is 0 Å². The van der Waals surface area contributed by atoms with Gasteiger partial charge < -0.3 is 31.8 Å². The van der Waals surface area contributed by atoms with Crippen LogP contribution in [0.25, 0.3) is 0 Å². The van der Waals surface area contributed by atoms with Crippen molar-refractivity contribution in [2.45, 2.75) is 36.5 Å². The fourth-order valence-electron chi connectivity index (χ4n) is 6.69. The summed E-state index contributed by atoms with van der Waals surface area (Å²) < 4.78 is 88.1. The third-order valence-electron chi connectivity index (χ3n) is 9.74. The van der Waals surface area contributed by atoms with E-state index >= 15 is 0 Å². The molecule has 4 aliphatic heterocycles. The van der Waals surface area contributed by atoms with Crippen LogP contribution in [0, 0.1) is 0 Å². The number of rotatable bonds is 7. The van der Waals surface area contributed by atoms with Gasteiger partial charge in [0.2, 0.25) is 11.8 Å². The Morgan fingerprint density at radius 1 is 0.719 bits per heavy atom. The summed E-state index contributed by atoms with van der Waals surface area (Å²) >= 11 is 9.61. The summed E-state index contributed by atoms with van der Waals surface area (Å²) in [5.41, 5.74) is -0.850. The number of amides is 4. The van der Waals surface area contributed by atoms with Gasteiger partial charge in [0.15, 0.2) is 11.3 Å². The van der Waals surface area contributed by atoms with Gasteiger partial charge in [-0.15, -0.1) is 0 Å². The first-order chi connectivity index (χ1) is 29.8. The van der Waals surface area contributed by atoms with Gasteiger partial charge in [0.25, 0.3) is 11.8 Å². The van der Waals surface area contributed by atoms with Crippen molar-refractivity contribution in [1.29, 1.82) is 0 Å². The van der Waals surface area contributed by atoms with Crippen LogP contribution in [0.1, 0.15) is 36.5 Å². The summed E-state index contributed by atoms with van der Waals surface area (Å²) in [6, 6.07) is 23.5. The molecule has 4 aromatic carbocycles. The summed E-state index contributed by atoms with van der Waals surface area (Å²) in [5, 5.41) is 7.72. The van der Waals surface area contributed by atoms with E-state index in [4.69, 9.17) is 9.47 Å². The zero-order valence-corrected chi connectivity index (χ0v) is 40.3. The molecule has 334 valence electrons. The molecule has 0 aromatic heterocycles. The van der Waals surface area contributed by atoms with Crippen LogP contribution in [-0.2, 0) is 41.0 Å². The molecule has 2 atom stereocenters. The van der Waals surface area contributed by atoms with Gasteiger partial charge in [0.05, 0.1) is 42.9 Å². The zero-order valence-electron chi connectivity index (χ0n) is 34.6. The zero-order chi connectivity index (χ0) is 45.6. The molecule has 0 aliphatic carbocycles. The van der Waals surface area contributed by atoms with Crippen LogP contribution in [0.2, 0.25) is 0 Å². The first-order valence-electron chi connectivity index (χ1n) is 18.8. The number of aliphatic imine (C=N–C) groups is 2. The number of alkyl halides is 7. The van der Waals surface area contributed by atoms with Gasteiger partial charge in [-0.25, -0.2) is 9.98 Å². The van der Waals surface area contributed by atoms with E-state index < -0.39 is 52.5 Å². The van der Waals surface area contributed by atoms with Crippen molar-refractivity contribution in [3.63, 3.8) is 0 Å². The molecule has 2 saturated heterocycles. The average molecular weight is 1100 g/mol. The normalized spacial score (nSPS) is 20.0. The van der Waals surface area contributed by atoms with Crippen LogP contribution in [0.4, 0.5) is 37.7 Å². The molecular weight excluding hydrogens is 1060 g/mol. The Labute approximate surface area is 411 Å². The van der Waals surface area contributed by atoms with Gasteiger partial charge in [-0.1, -0.05) is 84.2 Å². The van der Waals surface area contributed by atoms with Crippen molar-refractivity contribution in [2.75, 3.05) is 48.9 Å². The van der Waals surface area contributed by atoms with E-state index in [1.54, 1.807) is 24.3 Å².